The standard InChI is InChI=1S/C14H17NO3S/c1-2-19(17,18)10-4-8-15-9-7-12-5-3-6-13(11-16)14(12)15/h3,5-7,9,11H,2,4,8,10H2,1H3. The molecule has 1 aromatic carbocycles. The summed E-state index contributed by atoms with van der Waals surface area (Å²) >= 11 is 0. The maximum absolute atomic E-state index is 11.4. The molecule has 0 radical (unpaired) electrons. The van der Waals surface area contributed by atoms with Crippen molar-refractivity contribution in [3.8, 4) is 0 Å². The number of benzene rings is 1. The Morgan fingerprint density at radius 2 is 2.05 bits per heavy atom. The van der Waals surface area contributed by atoms with E-state index in [0.717, 1.165) is 17.2 Å². The van der Waals surface area contributed by atoms with Gasteiger partial charge in [-0.3, -0.25) is 4.79 Å². The molecule has 0 saturated carbocycles. The molecule has 0 bridgehead atoms. The molecular formula is C14H17NO3S. The van der Waals surface area contributed by atoms with Crippen LogP contribution in [0, 0.1) is 0 Å². The second kappa shape index (κ2) is 5.57. The highest BCUT2D eigenvalue weighted by molar-refractivity contribution is 7.91. The third kappa shape index (κ3) is 3.04. The molecule has 102 valence electrons. The van der Waals surface area contributed by atoms with E-state index in [4.69, 9.17) is 0 Å². The van der Waals surface area contributed by atoms with Gasteiger partial charge in [-0.15, -0.1) is 0 Å². The second-order valence-corrected chi connectivity index (χ2v) is 6.97. The van der Waals surface area contributed by atoms with Crippen molar-refractivity contribution in [2.24, 2.45) is 0 Å². The molecule has 2 rings (SSSR count). The number of aromatic nitrogens is 1. The molecule has 1 aromatic heterocycles. The van der Waals surface area contributed by atoms with Gasteiger partial charge in [-0.25, -0.2) is 8.42 Å². The maximum atomic E-state index is 11.4. The van der Waals surface area contributed by atoms with Gasteiger partial charge >= 0.3 is 0 Å². The largest absolute Gasteiger partial charge is 0.347 e. The van der Waals surface area contributed by atoms with Gasteiger partial charge in [0.05, 0.1) is 11.3 Å². The number of sulfone groups is 1. The predicted octanol–water partition coefficient (Wildman–Crippen LogP) is 2.28. The Labute approximate surface area is 113 Å². The number of para-hydroxylation sites is 1. The lowest BCUT2D eigenvalue weighted by Gasteiger charge is -2.07. The number of fused-ring (bicyclic) bond motifs is 1. The zero-order valence-electron chi connectivity index (χ0n) is 10.9. The van der Waals surface area contributed by atoms with Gasteiger partial charge in [-0.2, -0.15) is 0 Å². The first kappa shape index (κ1) is 13.8. The highest BCUT2D eigenvalue weighted by Gasteiger charge is 2.09. The molecule has 1 heterocycles. The van der Waals surface area contributed by atoms with Crippen LogP contribution in [0.2, 0.25) is 0 Å². The Morgan fingerprint density at radius 3 is 2.74 bits per heavy atom. The fraction of sp³-hybridized carbons (Fsp3) is 0.357. The first-order valence-corrected chi connectivity index (χ1v) is 8.13. The first-order chi connectivity index (χ1) is 9.07. The molecule has 0 N–H and O–H groups in total. The van der Waals surface area contributed by atoms with E-state index in [0.29, 0.717) is 18.5 Å². The number of hydrogen-bond donors (Lipinski definition) is 0. The van der Waals surface area contributed by atoms with Gasteiger partial charge in [0, 0.05) is 29.4 Å². The molecule has 5 heteroatoms. The van der Waals surface area contributed by atoms with Crippen LogP contribution in [-0.2, 0) is 16.4 Å². The van der Waals surface area contributed by atoms with Gasteiger partial charge in [0.15, 0.2) is 6.29 Å². The molecule has 2 aromatic rings. The molecule has 19 heavy (non-hydrogen) atoms. The number of aldehydes is 1. The number of carbonyl (C=O) groups excluding carboxylic acids is 1. The molecule has 0 aliphatic rings. The quantitative estimate of drug-likeness (QED) is 0.762. The van der Waals surface area contributed by atoms with E-state index in [-0.39, 0.29) is 11.5 Å². The van der Waals surface area contributed by atoms with E-state index < -0.39 is 9.84 Å². The fourth-order valence-electron chi connectivity index (χ4n) is 2.17. The third-order valence-corrected chi connectivity index (χ3v) is 5.03. The van der Waals surface area contributed by atoms with E-state index in [1.807, 2.05) is 29.0 Å². The van der Waals surface area contributed by atoms with Gasteiger partial charge < -0.3 is 4.57 Å². The molecule has 0 amide bonds. The lowest BCUT2D eigenvalue weighted by Crippen LogP contribution is -2.11. The molecule has 0 spiro atoms. The summed E-state index contributed by atoms with van der Waals surface area (Å²) in [6, 6.07) is 7.50. The van der Waals surface area contributed by atoms with Crippen LogP contribution >= 0.6 is 0 Å². The highest BCUT2D eigenvalue weighted by Crippen LogP contribution is 2.19. The molecule has 0 aliphatic carbocycles. The number of aryl methyl sites for hydroxylation is 1. The molecule has 0 atom stereocenters. The van der Waals surface area contributed by atoms with Crippen molar-refractivity contribution >= 4 is 27.0 Å². The highest BCUT2D eigenvalue weighted by atomic mass is 32.2. The van der Waals surface area contributed by atoms with E-state index in [9.17, 15) is 13.2 Å². The second-order valence-electron chi connectivity index (χ2n) is 4.50. The van der Waals surface area contributed by atoms with Crippen molar-refractivity contribution in [1.29, 1.82) is 0 Å². The Morgan fingerprint density at radius 1 is 1.26 bits per heavy atom. The summed E-state index contributed by atoms with van der Waals surface area (Å²) in [5.74, 6) is 0.367. The van der Waals surface area contributed by atoms with Crippen LogP contribution in [0.3, 0.4) is 0 Å². The molecule has 0 aliphatic heterocycles. The van der Waals surface area contributed by atoms with Crippen LogP contribution in [-0.4, -0.2) is 30.8 Å². The first-order valence-electron chi connectivity index (χ1n) is 6.31. The van der Waals surface area contributed by atoms with Crippen LogP contribution in [0.1, 0.15) is 23.7 Å². The van der Waals surface area contributed by atoms with Gasteiger partial charge in [-0.05, 0) is 18.6 Å². The third-order valence-electron chi connectivity index (χ3n) is 3.24. The Hall–Kier alpha value is -1.62. The number of hydrogen-bond acceptors (Lipinski definition) is 3. The summed E-state index contributed by atoms with van der Waals surface area (Å²) in [7, 11) is -2.92. The van der Waals surface area contributed by atoms with Crippen molar-refractivity contribution in [3.05, 3.63) is 36.0 Å². The molecular weight excluding hydrogens is 262 g/mol. The van der Waals surface area contributed by atoms with Crippen LogP contribution < -0.4 is 0 Å². The van der Waals surface area contributed by atoms with Gasteiger partial charge in [0.1, 0.15) is 9.84 Å². The fourth-order valence-corrected chi connectivity index (χ4v) is 3.03. The minimum absolute atomic E-state index is 0.180. The van der Waals surface area contributed by atoms with Crippen LogP contribution in [0.4, 0.5) is 0 Å². The number of rotatable bonds is 6. The van der Waals surface area contributed by atoms with Gasteiger partial charge in [-0.1, -0.05) is 19.1 Å². The monoisotopic (exact) mass is 279 g/mol. The molecule has 0 saturated heterocycles. The van der Waals surface area contributed by atoms with E-state index in [2.05, 4.69) is 0 Å². The summed E-state index contributed by atoms with van der Waals surface area (Å²) in [5.41, 5.74) is 1.52. The van der Waals surface area contributed by atoms with Crippen LogP contribution in [0.15, 0.2) is 30.5 Å². The molecule has 4 nitrogen and oxygen atoms in total. The van der Waals surface area contributed by atoms with Gasteiger partial charge in [0.2, 0.25) is 0 Å². The minimum atomic E-state index is -2.92. The number of carbonyl (C=O) groups is 1. The predicted molar refractivity (Wildman–Crippen MR) is 76.3 cm³/mol. The van der Waals surface area contributed by atoms with E-state index >= 15 is 0 Å². The molecule has 0 unspecified atom stereocenters. The van der Waals surface area contributed by atoms with Crippen molar-refractivity contribution in [3.63, 3.8) is 0 Å². The Kier molecular flexibility index (Phi) is 4.04. The summed E-state index contributed by atoms with van der Waals surface area (Å²) in [5, 5.41) is 1.00. The van der Waals surface area contributed by atoms with Crippen molar-refractivity contribution in [2.75, 3.05) is 11.5 Å². The summed E-state index contributed by atoms with van der Waals surface area (Å²) in [6.07, 6.45) is 3.30. The number of nitrogens with zero attached hydrogens (tertiary/aromatic N) is 1. The zero-order valence-corrected chi connectivity index (χ0v) is 11.7. The average molecular weight is 279 g/mol. The van der Waals surface area contributed by atoms with Crippen LogP contribution in [0.5, 0.6) is 0 Å². The Balaban J connectivity index is 2.20. The van der Waals surface area contributed by atoms with Crippen molar-refractivity contribution in [2.45, 2.75) is 19.9 Å². The maximum Gasteiger partial charge on any atom is 0.152 e. The summed E-state index contributed by atoms with van der Waals surface area (Å²) in [4.78, 5) is 11.0. The lowest BCUT2D eigenvalue weighted by atomic mass is 10.1. The summed E-state index contributed by atoms with van der Waals surface area (Å²) in [6.45, 7) is 2.26. The molecule has 0 fully saturated rings. The van der Waals surface area contributed by atoms with Crippen molar-refractivity contribution in [1.82, 2.24) is 4.57 Å². The SMILES string of the molecule is CCS(=O)(=O)CCCn1ccc2cccc(C=O)c21. The van der Waals surface area contributed by atoms with Crippen LogP contribution in [0.25, 0.3) is 10.9 Å². The Bertz CT molecular complexity index is 686. The van der Waals surface area contributed by atoms with Gasteiger partial charge in [0.25, 0.3) is 0 Å². The normalized spacial score (nSPS) is 11.8. The summed E-state index contributed by atoms with van der Waals surface area (Å²) < 4.78 is 24.8. The lowest BCUT2D eigenvalue weighted by molar-refractivity contribution is 0.112. The topological polar surface area (TPSA) is 56.1 Å². The van der Waals surface area contributed by atoms with Crippen molar-refractivity contribution < 1.29 is 13.2 Å². The zero-order chi connectivity index (χ0) is 13.9. The smallest absolute Gasteiger partial charge is 0.152 e. The average Bonchev–Trinajstić information content (AvgIpc) is 2.82. The van der Waals surface area contributed by atoms with E-state index in [1.54, 1.807) is 13.0 Å². The minimum Gasteiger partial charge on any atom is -0.347 e. The van der Waals surface area contributed by atoms with E-state index in [1.165, 1.54) is 0 Å².